The summed E-state index contributed by atoms with van der Waals surface area (Å²) in [6, 6.07) is 5.44. The van der Waals surface area contributed by atoms with Gasteiger partial charge in [0.05, 0.1) is 0 Å². The first-order valence-electron chi connectivity index (χ1n) is 7.88. The average Bonchev–Trinajstić information content (AvgIpc) is 2.47. The van der Waals surface area contributed by atoms with Gasteiger partial charge in [0.15, 0.2) is 0 Å². The molecule has 1 N–H and O–H groups in total. The first-order valence-corrected chi connectivity index (χ1v) is 7.88. The second-order valence-corrected chi connectivity index (χ2v) is 6.56. The Morgan fingerprint density at radius 2 is 2.20 bits per heavy atom. The van der Waals surface area contributed by atoms with E-state index < -0.39 is 0 Å². The molecule has 0 aliphatic heterocycles. The Hall–Kier alpha value is -0.930. The SMILES string of the molecule is CNC1CCC(C(C)C)CC1N(C)Cc1cccnc1. The van der Waals surface area contributed by atoms with Gasteiger partial charge in [0.1, 0.15) is 0 Å². The van der Waals surface area contributed by atoms with Crippen LogP contribution in [-0.2, 0) is 6.54 Å². The predicted octanol–water partition coefficient (Wildman–Crippen LogP) is 2.93. The normalized spacial score (nSPS) is 27.2. The summed E-state index contributed by atoms with van der Waals surface area (Å²) in [5.74, 6) is 1.66. The Labute approximate surface area is 123 Å². The van der Waals surface area contributed by atoms with Crippen LogP contribution in [0, 0.1) is 11.8 Å². The Kier molecular flexibility index (Phi) is 5.55. The van der Waals surface area contributed by atoms with Gasteiger partial charge in [0.25, 0.3) is 0 Å². The third-order valence-corrected chi connectivity index (χ3v) is 4.89. The molecule has 1 heterocycles. The largest absolute Gasteiger partial charge is 0.315 e. The maximum Gasteiger partial charge on any atom is 0.0312 e. The van der Waals surface area contributed by atoms with Crippen molar-refractivity contribution in [2.75, 3.05) is 14.1 Å². The lowest BCUT2D eigenvalue weighted by molar-refractivity contribution is 0.101. The maximum absolute atomic E-state index is 4.22. The molecule has 112 valence electrons. The summed E-state index contributed by atoms with van der Waals surface area (Å²) in [6.45, 7) is 5.71. The van der Waals surface area contributed by atoms with E-state index in [-0.39, 0.29) is 0 Å². The summed E-state index contributed by atoms with van der Waals surface area (Å²) in [7, 11) is 4.36. The van der Waals surface area contributed by atoms with Gasteiger partial charge in [0.2, 0.25) is 0 Å². The van der Waals surface area contributed by atoms with E-state index in [9.17, 15) is 0 Å². The highest BCUT2D eigenvalue weighted by atomic mass is 15.2. The molecule has 0 radical (unpaired) electrons. The summed E-state index contributed by atoms with van der Waals surface area (Å²) in [6.07, 6.45) is 7.78. The fourth-order valence-corrected chi connectivity index (χ4v) is 3.50. The molecule has 0 bridgehead atoms. The highest BCUT2D eigenvalue weighted by Crippen LogP contribution is 2.32. The van der Waals surface area contributed by atoms with E-state index in [1.54, 1.807) is 0 Å². The van der Waals surface area contributed by atoms with Crippen molar-refractivity contribution in [2.45, 2.75) is 51.7 Å². The van der Waals surface area contributed by atoms with Crippen LogP contribution in [0.2, 0.25) is 0 Å². The molecule has 0 aromatic carbocycles. The third kappa shape index (κ3) is 3.80. The molecule has 1 aromatic rings. The van der Waals surface area contributed by atoms with Gasteiger partial charge in [-0.05, 0) is 56.8 Å². The fraction of sp³-hybridized carbons (Fsp3) is 0.706. The Bertz CT molecular complexity index is 390. The van der Waals surface area contributed by atoms with Crippen LogP contribution in [0.3, 0.4) is 0 Å². The van der Waals surface area contributed by atoms with Crippen molar-refractivity contribution in [3.05, 3.63) is 30.1 Å². The van der Waals surface area contributed by atoms with Gasteiger partial charge < -0.3 is 5.32 Å². The number of nitrogens with one attached hydrogen (secondary N) is 1. The molecule has 3 heteroatoms. The molecule has 3 unspecified atom stereocenters. The predicted molar refractivity (Wildman–Crippen MR) is 84.5 cm³/mol. The zero-order valence-corrected chi connectivity index (χ0v) is 13.3. The average molecular weight is 275 g/mol. The molecule has 20 heavy (non-hydrogen) atoms. The maximum atomic E-state index is 4.22. The van der Waals surface area contributed by atoms with Crippen LogP contribution in [0.4, 0.5) is 0 Å². The lowest BCUT2D eigenvalue weighted by Crippen LogP contribution is -2.51. The van der Waals surface area contributed by atoms with Crippen LogP contribution >= 0.6 is 0 Å². The van der Waals surface area contributed by atoms with E-state index >= 15 is 0 Å². The van der Waals surface area contributed by atoms with Crippen LogP contribution in [0.25, 0.3) is 0 Å². The third-order valence-electron chi connectivity index (χ3n) is 4.89. The van der Waals surface area contributed by atoms with Crippen LogP contribution in [-0.4, -0.2) is 36.1 Å². The van der Waals surface area contributed by atoms with Crippen LogP contribution < -0.4 is 5.32 Å². The van der Waals surface area contributed by atoms with Gasteiger partial charge in [-0.2, -0.15) is 0 Å². The van der Waals surface area contributed by atoms with Crippen LogP contribution in [0.5, 0.6) is 0 Å². The van der Waals surface area contributed by atoms with Crippen LogP contribution in [0.15, 0.2) is 24.5 Å². The van der Waals surface area contributed by atoms with Gasteiger partial charge in [-0.15, -0.1) is 0 Å². The first kappa shape index (κ1) is 15.5. The second-order valence-electron chi connectivity index (χ2n) is 6.56. The van der Waals surface area contributed by atoms with Crippen molar-refractivity contribution in [3.63, 3.8) is 0 Å². The molecule has 1 aliphatic rings. The lowest BCUT2D eigenvalue weighted by atomic mass is 9.76. The number of aromatic nitrogens is 1. The van der Waals surface area contributed by atoms with Crippen molar-refractivity contribution in [1.29, 1.82) is 0 Å². The smallest absolute Gasteiger partial charge is 0.0312 e. The first-order chi connectivity index (χ1) is 9.61. The fourth-order valence-electron chi connectivity index (χ4n) is 3.50. The summed E-state index contributed by atoms with van der Waals surface area (Å²) in [5.41, 5.74) is 1.30. The summed E-state index contributed by atoms with van der Waals surface area (Å²) in [5, 5.41) is 3.52. The van der Waals surface area contributed by atoms with E-state index in [2.05, 4.69) is 49.2 Å². The topological polar surface area (TPSA) is 28.2 Å². The monoisotopic (exact) mass is 275 g/mol. The number of nitrogens with zero attached hydrogens (tertiary/aromatic N) is 2. The quantitative estimate of drug-likeness (QED) is 0.895. The van der Waals surface area contributed by atoms with Crippen molar-refractivity contribution >= 4 is 0 Å². The Morgan fingerprint density at radius 1 is 1.40 bits per heavy atom. The van der Waals surface area contributed by atoms with Crippen molar-refractivity contribution in [1.82, 2.24) is 15.2 Å². The number of pyridine rings is 1. The molecule has 2 rings (SSSR count). The van der Waals surface area contributed by atoms with Crippen molar-refractivity contribution in [2.24, 2.45) is 11.8 Å². The molecule has 1 aliphatic carbocycles. The van der Waals surface area contributed by atoms with Gasteiger partial charge in [-0.25, -0.2) is 0 Å². The molecule has 3 atom stereocenters. The molecule has 0 saturated heterocycles. The highest BCUT2D eigenvalue weighted by molar-refractivity contribution is 5.08. The molecule has 1 saturated carbocycles. The minimum atomic E-state index is 0.617. The molecule has 3 nitrogen and oxygen atoms in total. The molecular weight excluding hydrogens is 246 g/mol. The van der Waals surface area contributed by atoms with Gasteiger partial charge >= 0.3 is 0 Å². The Balaban J connectivity index is 2.02. The van der Waals surface area contributed by atoms with E-state index in [1.807, 2.05) is 18.5 Å². The van der Waals surface area contributed by atoms with E-state index in [4.69, 9.17) is 0 Å². The van der Waals surface area contributed by atoms with Crippen molar-refractivity contribution < 1.29 is 0 Å². The number of likely N-dealkylation sites (N-methyl/N-ethyl adjacent to an activating group) is 2. The zero-order chi connectivity index (χ0) is 14.5. The number of rotatable bonds is 5. The standard InChI is InChI=1S/C17H29N3/c1-13(2)15-7-8-16(18-3)17(10-15)20(4)12-14-6-5-9-19-11-14/h5-6,9,11,13,15-18H,7-8,10,12H2,1-4H3. The van der Waals surface area contributed by atoms with E-state index in [0.29, 0.717) is 12.1 Å². The second kappa shape index (κ2) is 7.19. The van der Waals surface area contributed by atoms with Crippen molar-refractivity contribution in [3.8, 4) is 0 Å². The summed E-state index contributed by atoms with van der Waals surface area (Å²) < 4.78 is 0. The Morgan fingerprint density at radius 3 is 2.80 bits per heavy atom. The van der Waals surface area contributed by atoms with E-state index in [0.717, 1.165) is 18.4 Å². The zero-order valence-electron chi connectivity index (χ0n) is 13.3. The number of hydrogen-bond acceptors (Lipinski definition) is 3. The lowest BCUT2D eigenvalue weighted by Gasteiger charge is -2.42. The molecule has 0 spiro atoms. The van der Waals surface area contributed by atoms with Gasteiger partial charge in [-0.1, -0.05) is 19.9 Å². The molecule has 1 fully saturated rings. The van der Waals surface area contributed by atoms with E-state index in [1.165, 1.54) is 24.8 Å². The molecular formula is C17H29N3. The highest BCUT2D eigenvalue weighted by Gasteiger charge is 2.33. The molecule has 1 aromatic heterocycles. The minimum Gasteiger partial charge on any atom is -0.315 e. The van der Waals surface area contributed by atoms with Gasteiger partial charge in [-0.3, -0.25) is 9.88 Å². The number of hydrogen-bond donors (Lipinski definition) is 1. The summed E-state index contributed by atoms with van der Waals surface area (Å²) >= 11 is 0. The minimum absolute atomic E-state index is 0.617. The molecule has 0 amide bonds. The van der Waals surface area contributed by atoms with Gasteiger partial charge in [0, 0.05) is 31.0 Å². The summed E-state index contributed by atoms with van der Waals surface area (Å²) in [4.78, 5) is 6.73. The van der Waals surface area contributed by atoms with Crippen LogP contribution in [0.1, 0.15) is 38.7 Å².